The number of aryl methyl sites for hydroxylation is 1. The van der Waals surface area contributed by atoms with E-state index in [9.17, 15) is 18.0 Å². The summed E-state index contributed by atoms with van der Waals surface area (Å²) in [5.74, 6) is 0. The molecule has 1 aromatic heterocycles. The molecule has 4 rings (SSSR count). The number of carbonyl (C=O) groups excluding carboxylic acids is 1. The molecule has 0 saturated carbocycles. The lowest BCUT2D eigenvalue weighted by Crippen LogP contribution is -2.39. The number of aromatic nitrogens is 1. The summed E-state index contributed by atoms with van der Waals surface area (Å²) in [6, 6.07) is 11.1. The molecule has 0 bridgehead atoms. The van der Waals surface area contributed by atoms with Crippen LogP contribution in [0.4, 0.5) is 23.7 Å². The van der Waals surface area contributed by atoms with E-state index in [0.717, 1.165) is 22.3 Å². The first-order valence-corrected chi connectivity index (χ1v) is 10.9. The average molecular weight is 460 g/mol. The molecule has 0 radical (unpaired) electrons. The molecule has 2 N–H and O–H groups in total. The maximum atomic E-state index is 12.9. The minimum Gasteiger partial charge on any atom is -0.444 e. The zero-order valence-electron chi connectivity index (χ0n) is 19.2. The van der Waals surface area contributed by atoms with Gasteiger partial charge in [-0.05, 0) is 62.1 Å². The fraction of sp³-hybridized carbons (Fsp3) is 0.400. The van der Waals surface area contributed by atoms with Crippen molar-refractivity contribution < 1.29 is 22.7 Å². The Labute approximate surface area is 190 Å². The second kappa shape index (κ2) is 8.01. The number of hydrogen-bond acceptors (Lipinski definition) is 3. The molecular formula is C25H28F3N3O2. The van der Waals surface area contributed by atoms with E-state index in [1.54, 1.807) is 28.6 Å². The maximum absolute atomic E-state index is 12.9. The molecule has 3 aromatic rings. The number of amides is 1. The van der Waals surface area contributed by atoms with Crippen LogP contribution < -0.4 is 5.73 Å². The Kier molecular flexibility index (Phi) is 5.58. The van der Waals surface area contributed by atoms with E-state index in [2.05, 4.69) is 6.07 Å². The molecule has 0 spiro atoms. The maximum Gasteiger partial charge on any atom is 0.410 e. The fourth-order valence-electron chi connectivity index (χ4n) is 4.29. The summed E-state index contributed by atoms with van der Waals surface area (Å²) in [4.78, 5) is 14.1. The molecule has 1 aliphatic rings. The topological polar surface area (TPSA) is 60.5 Å². The lowest BCUT2D eigenvalue weighted by atomic mass is 9.93. The van der Waals surface area contributed by atoms with Crippen molar-refractivity contribution in [2.45, 2.75) is 51.9 Å². The third-order valence-corrected chi connectivity index (χ3v) is 5.88. The van der Waals surface area contributed by atoms with Gasteiger partial charge < -0.3 is 19.9 Å². The van der Waals surface area contributed by atoms with Gasteiger partial charge in [-0.15, -0.1) is 0 Å². The van der Waals surface area contributed by atoms with E-state index in [0.29, 0.717) is 36.1 Å². The van der Waals surface area contributed by atoms with E-state index in [1.807, 2.05) is 39.0 Å². The molecule has 2 heterocycles. The Hall–Kier alpha value is -3.16. The van der Waals surface area contributed by atoms with Gasteiger partial charge in [0.1, 0.15) is 5.60 Å². The van der Waals surface area contributed by atoms with Crippen LogP contribution in [0.3, 0.4) is 0 Å². The molecule has 1 aliphatic heterocycles. The lowest BCUT2D eigenvalue weighted by Gasteiger charge is -2.31. The van der Waals surface area contributed by atoms with Crippen LogP contribution in [0.2, 0.25) is 0 Å². The summed E-state index contributed by atoms with van der Waals surface area (Å²) >= 11 is 0. The van der Waals surface area contributed by atoms with Crippen molar-refractivity contribution >= 4 is 22.7 Å². The Bertz CT molecular complexity index is 1220. The second-order valence-electron chi connectivity index (χ2n) is 9.62. The highest BCUT2D eigenvalue weighted by Gasteiger charge is 2.30. The van der Waals surface area contributed by atoms with Crippen molar-refractivity contribution in [1.82, 2.24) is 9.47 Å². The largest absolute Gasteiger partial charge is 0.444 e. The summed E-state index contributed by atoms with van der Waals surface area (Å²) in [5, 5.41) is 0.684. The number of benzene rings is 2. The van der Waals surface area contributed by atoms with E-state index in [1.165, 1.54) is 0 Å². The number of nitrogens with two attached hydrogens (primary N) is 1. The summed E-state index contributed by atoms with van der Waals surface area (Å²) in [6.45, 7) is 6.55. The number of rotatable bonds is 2. The molecule has 0 atom stereocenters. The number of halogens is 3. The number of fused-ring (bicyclic) bond motifs is 2. The highest BCUT2D eigenvalue weighted by Crippen LogP contribution is 2.35. The van der Waals surface area contributed by atoms with Crippen LogP contribution in [0.5, 0.6) is 0 Å². The highest BCUT2D eigenvalue weighted by molar-refractivity contribution is 5.93. The Morgan fingerprint density at radius 2 is 1.82 bits per heavy atom. The third-order valence-electron chi connectivity index (χ3n) is 5.88. The number of carbonyl (C=O) groups is 1. The van der Waals surface area contributed by atoms with Gasteiger partial charge in [0.15, 0.2) is 0 Å². The molecule has 5 nitrogen and oxygen atoms in total. The Morgan fingerprint density at radius 1 is 1.09 bits per heavy atom. The molecule has 0 aliphatic carbocycles. The zero-order chi connectivity index (χ0) is 24.1. The number of nitrogens with zero attached hydrogens (tertiary/aromatic N) is 2. The number of hydrogen-bond donors (Lipinski definition) is 1. The molecule has 8 heteroatoms. The van der Waals surface area contributed by atoms with Gasteiger partial charge in [0.25, 0.3) is 0 Å². The SMILES string of the molecule is Cn1c(CC(F)(F)F)cc2cc(N)c(-c3ccc4c(c3)CCN(C(=O)OC(C)(C)C)C4)cc21. The predicted octanol–water partition coefficient (Wildman–Crippen LogP) is 5.83. The van der Waals surface area contributed by atoms with Gasteiger partial charge >= 0.3 is 12.3 Å². The number of nitrogen functional groups attached to an aromatic ring is 1. The zero-order valence-corrected chi connectivity index (χ0v) is 19.2. The molecular weight excluding hydrogens is 431 g/mol. The summed E-state index contributed by atoms with van der Waals surface area (Å²) in [5.41, 5.74) is 11.0. The lowest BCUT2D eigenvalue weighted by molar-refractivity contribution is -0.128. The van der Waals surface area contributed by atoms with E-state index in [4.69, 9.17) is 10.5 Å². The normalized spacial score (nSPS) is 14.5. The van der Waals surface area contributed by atoms with Crippen LogP contribution in [0.15, 0.2) is 36.4 Å². The molecule has 1 amide bonds. The predicted molar refractivity (Wildman–Crippen MR) is 123 cm³/mol. The van der Waals surface area contributed by atoms with Crippen molar-refractivity contribution in [2.75, 3.05) is 12.3 Å². The molecule has 176 valence electrons. The van der Waals surface area contributed by atoms with E-state index >= 15 is 0 Å². The first-order chi connectivity index (χ1) is 15.3. The van der Waals surface area contributed by atoms with Crippen molar-refractivity contribution in [2.24, 2.45) is 7.05 Å². The minimum absolute atomic E-state index is 0.196. The standard InChI is InChI=1S/C25H28F3N3O2/c1-24(2,3)33-23(32)31-8-7-15-9-16(5-6-17(15)14-31)20-12-22-18(11-21(20)29)10-19(30(22)4)13-25(26,27)28/h5-6,9-12H,7-8,13-14,29H2,1-4H3. The first kappa shape index (κ1) is 23.0. The summed E-state index contributed by atoms with van der Waals surface area (Å²) < 4.78 is 45.8. The van der Waals surface area contributed by atoms with Crippen LogP contribution in [0, 0.1) is 0 Å². The monoisotopic (exact) mass is 459 g/mol. The van der Waals surface area contributed by atoms with Gasteiger partial charge in [-0.25, -0.2) is 4.79 Å². The van der Waals surface area contributed by atoms with E-state index in [-0.39, 0.29) is 11.8 Å². The summed E-state index contributed by atoms with van der Waals surface area (Å²) in [6.07, 6.45) is -4.90. The smallest absolute Gasteiger partial charge is 0.410 e. The average Bonchev–Trinajstić information content (AvgIpc) is 2.98. The first-order valence-electron chi connectivity index (χ1n) is 10.9. The molecule has 0 fully saturated rings. The van der Waals surface area contributed by atoms with Crippen LogP contribution in [0.25, 0.3) is 22.0 Å². The van der Waals surface area contributed by atoms with Crippen LogP contribution in [-0.2, 0) is 31.2 Å². The third kappa shape index (κ3) is 4.94. The van der Waals surface area contributed by atoms with Gasteiger partial charge in [0, 0.05) is 48.0 Å². The highest BCUT2D eigenvalue weighted by atomic mass is 19.4. The van der Waals surface area contributed by atoms with Crippen molar-refractivity contribution in [3.8, 4) is 11.1 Å². The fourth-order valence-corrected chi connectivity index (χ4v) is 4.29. The number of ether oxygens (including phenoxy) is 1. The van der Waals surface area contributed by atoms with Gasteiger partial charge in [-0.1, -0.05) is 18.2 Å². The van der Waals surface area contributed by atoms with Crippen LogP contribution in [0.1, 0.15) is 37.6 Å². The molecule has 0 saturated heterocycles. The van der Waals surface area contributed by atoms with Crippen molar-refractivity contribution in [3.05, 3.63) is 53.2 Å². The van der Waals surface area contributed by atoms with Crippen molar-refractivity contribution in [1.29, 1.82) is 0 Å². The summed E-state index contributed by atoms with van der Waals surface area (Å²) in [7, 11) is 1.64. The second-order valence-corrected chi connectivity index (χ2v) is 9.62. The van der Waals surface area contributed by atoms with Gasteiger partial charge in [-0.2, -0.15) is 13.2 Å². The van der Waals surface area contributed by atoms with Gasteiger partial charge in [0.05, 0.1) is 6.42 Å². The molecule has 2 aromatic carbocycles. The van der Waals surface area contributed by atoms with Gasteiger partial charge in [-0.3, -0.25) is 0 Å². The number of anilines is 1. The number of alkyl halides is 3. The Balaban J connectivity index is 1.63. The van der Waals surface area contributed by atoms with E-state index < -0.39 is 18.2 Å². The van der Waals surface area contributed by atoms with Crippen molar-refractivity contribution in [3.63, 3.8) is 0 Å². The van der Waals surface area contributed by atoms with Crippen LogP contribution in [-0.4, -0.2) is 33.9 Å². The molecule has 0 unspecified atom stereocenters. The molecule has 33 heavy (non-hydrogen) atoms. The minimum atomic E-state index is -4.28. The Morgan fingerprint density at radius 3 is 2.48 bits per heavy atom. The quantitative estimate of drug-likeness (QED) is 0.491. The van der Waals surface area contributed by atoms with Gasteiger partial charge in [0.2, 0.25) is 0 Å². The van der Waals surface area contributed by atoms with Crippen LogP contribution >= 0.6 is 0 Å².